The van der Waals surface area contributed by atoms with Crippen LogP contribution in [0.2, 0.25) is 0 Å². The Morgan fingerprint density at radius 2 is 2.00 bits per heavy atom. The van der Waals surface area contributed by atoms with Crippen LogP contribution in [-0.4, -0.2) is 23.8 Å². The van der Waals surface area contributed by atoms with Gasteiger partial charge in [-0.05, 0) is 17.9 Å². The Hall–Kier alpha value is -1.15. The number of carbonyl (C=O) groups excluding carboxylic acids is 1. The maximum Gasteiger partial charge on any atom is 0.137 e. The topological polar surface area (TPSA) is 20.3 Å². The van der Waals surface area contributed by atoms with Crippen LogP contribution < -0.4 is 0 Å². The Balaban J connectivity index is 1.67. The molecule has 0 radical (unpaired) electrons. The van der Waals surface area contributed by atoms with E-state index in [1.807, 2.05) is 6.07 Å². The first-order valence-electron chi connectivity index (χ1n) is 6.10. The Morgan fingerprint density at radius 1 is 1.19 bits per heavy atom. The molecule has 1 aromatic carbocycles. The van der Waals surface area contributed by atoms with Crippen LogP contribution in [0, 0.1) is 11.8 Å². The third-order valence-electron chi connectivity index (χ3n) is 3.81. The van der Waals surface area contributed by atoms with Crippen LogP contribution in [0.15, 0.2) is 30.3 Å². The predicted molar refractivity (Wildman–Crippen MR) is 62.9 cm³/mol. The lowest BCUT2D eigenvalue weighted by Gasteiger charge is -2.30. The molecular weight excluding hydrogens is 198 g/mol. The molecular formula is C14H17NO. The van der Waals surface area contributed by atoms with Crippen molar-refractivity contribution < 1.29 is 4.79 Å². The van der Waals surface area contributed by atoms with E-state index in [9.17, 15) is 4.79 Å². The van der Waals surface area contributed by atoms with Crippen molar-refractivity contribution in [2.45, 2.75) is 19.4 Å². The first-order valence-corrected chi connectivity index (χ1v) is 6.10. The number of benzene rings is 1. The van der Waals surface area contributed by atoms with Gasteiger partial charge in [-0.2, -0.15) is 0 Å². The van der Waals surface area contributed by atoms with E-state index in [1.54, 1.807) is 0 Å². The highest BCUT2D eigenvalue weighted by Gasteiger charge is 2.38. The molecule has 1 heterocycles. The Kier molecular flexibility index (Phi) is 2.52. The summed E-state index contributed by atoms with van der Waals surface area (Å²) in [6.45, 7) is 3.09. The van der Waals surface area contributed by atoms with E-state index in [0.717, 1.165) is 32.5 Å². The molecule has 1 aliphatic heterocycles. The molecule has 1 aliphatic carbocycles. The molecule has 2 heteroatoms. The van der Waals surface area contributed by atoms with Gasteiger partial charge in [0.1, 0.15) is 5.78 Å². The van der Waals surface area contributed by atoms with Crippen LogP contribution >= 0.6 is 0 Å². The molecule has 3 rings (SSSR count). The molecule has 1 saturated heterocycles. The number of fused-ring (bicyclic) bond motifs is 2. The van der Waals surface area contributed by atoms with Crippen molar-refractivity contribution in [2.75, 3.05) is 13.1 Å². The van der Waals surface area contributed by atoms with E-state index in [1.165, 1.54) is 5.56 Å². The average Bonchev–Trinajstić information content (AvgIpc) is 2.54. The molecule has 0 aromatic heterocycles. The maximum atomic E-state index is 11.6. The minimum absolute atomic E-state index is 0.336. The van der Waals surface area contributed by atoms with Gasteiger partial charge in [-0.25, -0.2) is 0 Å². The van der Waals surface area contributed by atoms with Crippen molar-refractivity contribution in [3.8, 4) is 0 Å². The molecule has 0 N–H and O–H groups in total. The smallest absolute Gasteiger partial charge is 0.137 e. The molecule has 16 heavy (non-hydrogen) atoms. The summed E-state index contributed by atoms with van der Waals surface area (Å²) >= 11 is 0. The average molecular weight is 215 g/mol. The summed E-state index contributed by atoms with van der Waals surface area (Å²) in [5, 5.41) is 0. The first kappa shape index (κ1) is 10.0. The number of piperidine rings is 1. The minimum atomic E-state index is 0.336. The lowest BCUT2D eigenvalue weighted by atomic mass is 9.98. The quantitative estimate of drug-likeness (QED) is 0.753. The van der Waals surface area contributed by atoms with E-state index >= 15 is 0 Å². The van der Waals surface area contributed by atoms with Crippen LogP contribution in [0.1, 0.15) is 18.4 Å². The number of ketones is 1. The van der Waals surface area contributed by atoms with Gasteiger partial charge in [0.05, 0.1) is 0 Å². The molecule has 2 aliphatic rings. The fourth-order valence-corrected chi connectivity index (χ4v) is 3.11. The molecule has 0 amide bonds. The lowest BCUT2D eigenvalue weighted by Crippen LogP contribution is -2.36. The highest BCUT2D eigenvalue weighted by molar-refractivity contribution is 5.83. The molecule has 2 fully saturated rings. The zero-order chi connectivity index (χ0) is 11.0. The Morgan fingerprint density at radius 3 is 2.75 bits per heavy atom. The van der Waals surface area contributed by atoms with Crippen LogP contribution in [0.5, 0.6) is 0 Å². The number of hydrogen-bond donors (Lipinski definition) is 0. The van der Waals surface area contributed by atoms with E-state index in [4.69, 9.17) is 0 Å². The summed E-state index contributed by atoms with van der Waals surface area (Å²) in [4.78, 5) is 14.1. The Bertz CT molecular complexity index is 387. The van der Waals surface area contributed by atoms with Crippen molar-refractivity contribution in [3.05, 3.63) is 35.9 Å². The van der Waals surface area contributed by atoms with Gasteiger partial charge in [0.2, 0.25) is 0 Å². The molecule has 2 nitrogen and oxygen atoms in total. The van der Waals surface area contributed by atoms with Crippen LogP contribution in [0.3, 0.4) is 0 Å². The number of hydrogen-bond acceptors (Lipinski definition) is 2. The van der Waals surface area contributed by atoms with Gasteiger partial charge in [0.15, 0.2) is 0 Å². The van der Waals surface area contributed by atoms with Gasteiger partial charge in [0.25, 0.3) is 0 Å². The van der Waals surface area contributed by atoms with Gasteiger partial charge in [-0.15, -0.1) is 0 Å². The molecule has 2 atom stereocenters. The zero-order valence-corrected chi connectivity index (χ0v) is 9.43. The zero-order valence-electron chi connectivity index (χ0n) is 9.43. The molecule has 1 saturated carbocycles. The fourth-order valence-electron chi connectivity index (χ4n) is 3.11. The number of rotatable bonds is 2. The van der Waals surface area contributed by atoms with Crippen molar-refractivity contribution in [3.63, 3.8) is 0 Å². The third-order valence-corrected chi connectivity index (χ3v) is 3.81. The fraction of sp³-hybridized carbons (Fsp3) is 0.500. The van der Waals surface area contributed by atoms with Gasteiger partial charge >= 0.3 is 0 Å². The second kappa shape index (κ2) is 4.02. The van der Waals surface area contributed by atoms with Crippen LogP contribution in [-0.2, 0) is 11.3 Å². The molecule has 2 bridgehead atoms. The summed E-state index contributed by atoms with van der Waals surface area (Å²) in [6, 6.07) is 10.5. The summed E-state index contributed by atoms with van der Waals surface area (Å²) in [5.41, 5.74) is 1.36. The SMILES string of the molecule is O=C1C[C@H]2CC1CN(Cc1ccccc1)C2. The first-order chi connectivity index (χ1) is 7.81. The number of carbonyl (C=O) groups is 1. The van der Waals surface area contributed by atoms with Crippen LogP contribution in [0.25, 0.3) is 0 Å². The van der Waals surface area contributed by atoms with Crippen molar-refractivity contribution in [2.24, 2.45) is 11.8 Å². The summed E-state index contributed by atoms with van der Waals surface area (Å²) < 4.78 is 0. The Labute approximate surface area is 96.3 Å². The molecule has 1 unspecified atom stereocenters. The van der Waals surface area contributed by atoms with Gasteiger partial charge in [-0.3, -0.25) is 9.69 Å². The van der Waals surface area contributed by atoms with Crippen molar-refractivity contribution >= 4 is 5.78 Å². The number of nitrogens with zero attached hydrogens (tertiary/aromatic N) is 1. The maximum absolute atomic E-state index is 11.6. The van der Waals surface area contributed by atoms with Gasteiger partial charge < -0.3 is 0 Å². The van der Waals surface area contributed by atoms with E-state index < -0.39 is 0 Å². The number of Topliss-reactive ketones (excluding diaryl/α,β-unsaturated/α-hetero) is 1. The minimum Gasteiger partial charge on any atom is -0.299 e. The van der Waals surface area contributed by atoms with E-state index in [-0.39, 0.29) is 0 Å². The van der Waals surface area contributed by atoms with Gasteiger partial charge in [0, 0.05) is 32.0 Å². The third kappa shape index (κ3) is 1.90. The highest BCUT2D eigenvalue weighted by Crippen LogP contribution is 2.34. The van der Waals surface area contributed by atoms with Crippen molar-refractivity contribution in [1.29, 1.82) is 0 Å². The second-order valence-electron chi connectivity index (χ2n) is 5.15. The lowest BCUT2D eigenvalue weighted by molar-refractivity contribution is -0.120. The summed E-state index contributed by atoms with van der Waals surface area (Å²) in [6.07, 6.45) is 1.97. The molecule has 84 valence electrons. The standard InChI is InChI=1S/C14H17NO/c16-14-7-12-6-13(14)10-15(9-12)8-11-4-2-1-3-5-11/h1-5,12-13H,6-10H2/t12-,13?/m1/s1. The second-order valence-corrected chi connectivity index (χ2v) is 5.15. The number of likely N-dealkylation sites (tertiary alicyclic amines) is 1. The van der Waals surface area contributed by atoms with Crippen molar-refractivity contribution in [1.82, 2.24) is 4.90 Å². The largest absolute Gasteiger partial charge is 0.299 e. The normalized spacial score (nSPS) is 29.6. The van der Waals surface area contributed by atoms with Crippen LogP contribution in [0.4, 0.5) is 0 Å². The molecule has 1 aromatic rings. The van der Waals surface area contributed by atoms with E-state index in [0.29, 0.717) is 17.6 Å². The van der Waals surface area contributed by atoms with Gasteiger partial charge in [-0.1, -0.05) is 30.3 Å². The summed E-state index contributed by atoms with van der Waals surface area (Å²) in [7, 11) is 0. The van der Waals surface area contributed by atoms with E-state index in [2.05, 4.69) is 29.2 Å². The monoisotopic (exact) mass is 215 g/mol. The molecule has 0 spiro atoms. The highest BCUT2D eigenvalue weighted by atomic mass is 16.1. The predicted octanol–water partition coefficient (Wildman–Crippen LogP) is 2.10. The summed E-state index contributed by atoms with van der Waals surface area (Å²) in [5.74, 6) is 1.47.